The summed E-state index contributed by atoms with van der Waals surface area (Å²) in [5.74, 6) is 1.66. The van der Waals surface area contributed by atoms with Gasteiger partial charge < -0.3 is 9.42 Å². The van der Waals surface area contributed by atoms with E-state index in [0.717, 1.165) is 32.4 Å². The Balaban J connectivity index is 1.69. The van der Waals surface area contributed by atoms with E-state index in [9.17, 15) is 4.79 Å². The van der Waals surface area contributed by atoms with E-state index >= 15 is 0 Å². The van der Waals surface area contributed by atoms with Crippen LogP contribution >= 0.6 is 0 Å². The Morgan fingerprint density at radius 3 is 2.76 bits per heavy atom. The fourth-order valence-electron chi connectivity index (χ4n) is 3.77. The Labute approximate surface area is 125 Å². The average Bonchev–Trinajstić information content (AvgIpc) is 3.18. The maximum atomic E-state index is 12.1. The Morgan fingerprint density at radius 2 is 2.05 bits per heavy atom. The van der Waals surface area contributed by atoms with Crippen LogP contribution in [0.15, 0.2) is 4.52 Å². The van der Waals surface area contributed by atoms with Crippen molar-refractivity contribution in [2.24, 2.45) is 0 Å². The van der Waals surface area contributed by atoms with Crippen molar-refractivity contribution in [2.45, 2.75) is 64.6 Å². The molecule has 0 N–H and O–H groups in total. The number of aryl methyl sites for hydroxylation is 1. The molecule has 2 aliphatic rings. The van der Waals surface area contributed by atoms with Gasteiger partial charge in [-0.1, -0.05) is 12.1 Å². The molecule has 6 nitrogen and oxygen atoms in total. The molecule has 0 bridgehead atoms. The number of amides is 1. The van der Waals surface area contributed by atoms with Crippen LogP contribution in [0.5, 0.6) is 0 Å². The topological polar surface area (TPSA) is 62.5 Å². The highest BCUT2D eigenvalue weighted by atomic mass is 16.5. The largest absolute Gasteiger partial charge is 0.338 e. The number of carbonyl (C=O) groups excluding carboxylic acids is 1. The summed E-state index contributed by atoms with van der Waals surface area (Å²) < 4.78 is 5.25. The number of rotatable bonds is 4. The highest BCUT2D eigenvalue weighted by molar-refractivity contribution is 5.76. The van der Waals surface area contributed by atoms with Crippen LogP contribution in [-0.4, -0.2) is 51.0 Å². The third-order valence-corrected chi connectivity index (χ3v) is 4.69. The second-order valence-corrected chi connectivity index (χ2v) is 6.07. The molecular weight excluding hydrogens is 268 g/mol. The van der Waals surface area contributed by atoms with E-state index in [1.54, 1.807) is 0 Å². The summed E-state index contributed by atoms with van der Waals surface area (Å²) in [7, 11) is 0. The molecule has 1 aromatic heterocycles. The smallest absolute Gasteiger partial charge is 0.240 e. The molecule has 0 aromatic carbocycles. The summed E-state index contributed by atoms with van der Waals surface area (Å²) >= 11 is 0. The van der Waals surface area contributed by atoms with E-state index in [0.29, 0.717) is 36.8 Å². The normalized spacial score (nSPS) is 26.7. The molecule has 0 saturated carbocycles. The van der Waals surface area contributed by atoms with Crippen LogP contribution in [0.4, 0.5) is 0 Å². The monoisotopic (exact) mass is 292 g/mol. The van der Waals surface area contributed by atoms with E-state index in [4.69, 9.17) is 4.52 Å². The molecule has 6 heteroatoms. The van der Waals surface area contributed by atoms with Gasteiger partial charge in [0.2, 0.25) is 11.8 Å². The number of hydrogen-bond acceptors (Lipinski definition) is 5. The number of likely N-dealkylation sites (tertiary alicyclic amines) is 2. The molecule has 0 aliphatic carbocycles. The first-order chi connectivity index (χ1) is 10.2. The van der Waals surface area contributed by atoms with Gasteiger partial charge in [-0.2, -0.15) is 4.98 Å². The Hall–Kier alpha value is -1.43. The second-order valence-electron chi connectivity index (χ2n) is 6.07. The molecule has 0 unspecified atom stereocenters. The molecule has 21 heavy (non-hydrogen) atoms. The quantitative estimate of drug-likeness (QED) is 0.846. The summed E-state index contributed by atoms with van der Waals surface area (Å²) in [4.78, 5) is 20.9. The maximum absolute atomic E-state index is 12.1. The summed E-state index contributed by atoms with van der Waals surface area (Å²) in [5, 5.41) is 3.86. The fourth-order valence-corrected chi connectivity index (χ4v) is 3.77. The van der Waals surface area contributed by atoms with E-state index in [1.165, 1.54) is 6.42 Å². The lowest BCUT2D eigenvalue weighted by Crippen LogP contribution is -2.47. The van der Waals surface area contributed by atoms with E-state index in [2.05, 4.69) is 19.9 Å². The van der Waals surface area contributed by atoms with Gasteiger partial charge in [0.15, 0.2) is 5.82 Å². The van der Waals surface area contributed by atoms with Gasteiger partial charge >= 0.3 is 0 Å². The minimum absolute atomic E-state index is 0.290. The van der Waals surface area contributed by atoms with Crippen LogP contribution in [0.3, 0.4) is 0 Å². The molecule has 2 fully saturated rings. The SMILES string of the molecule is CCC(=O)N1CCC[C@@H]1[C@@H]1CCCN1Cc1nc(C)no1. The van der Waals surface area contributed by atoms with Gasteiger partial charge in [-0.25, -0.2) is 0 Å². The van der Waals surface area contributed by atoms with Crippen molar-refractivity contribution in [1.82, 2.24) is 19.9 Å². The summed E-state index contributed by atoms with van der Waals surface area (Å²) in [6, 6.07) is 0.805. The van der Waals surface area contributed by atoms with E-state index in [1.807, 2.05) is 13.8 Å². The van der Waals surface area contributed by atoms with Crippen molar-refractivity contribution in [1.29, 1.82) is 0 Å². The molecule has 0 radical (unpaired) electrons. The van der Waals surface area contributed by atoms with Gasteiger partial charge in [-0.15, -0.1) is 0 Å². The van der Waals surface area contributed by atoms with Gasteiger partial charge in [0, 0.05) is 25.0 Å². The number of hydrogen-bond donors (Lipinski definition) is 0. The number of aromatic nitrogens is 2. The van der Waals surface area contributed by atoms with Crippen molar-refractivity contribution in [3.8, 4) is 0 Å². The maximum Gasteiger partial charge on any atom is 0.240 e. The second kappa shape index (κ2) is 6.13. The van der Waals surface area contributed by atoms with Crippen molar-refractivity contribution < 1.29 is 9.32 Å². The minimum atomic E-state index is 0.290. The summed E-state index contributed by atoms with van der Waals surface area (Å²) in [5.41, 5.74) is 0. The highest BCUT2D eigenvalue weighted by Crippen LogP contribution is 2.31. The van der Waals surface area contributed by atoms with Crippen LogP contribution in [0.1, 0.15) is 50.7 Å². The molecule has 1 aromatic rings. The zero-order valence-electron chi connectivity index (χ0n) is 12.9. The summed E-state index contributed by atoms with van der Waals surface area (Å²) in [6.07, 6.45) is 5.19. The Morgan fingerprint density at radius 1 is 1.29 bits per heavy atom. The minimum Gasteiger partial charge on any atom is -0.338 e. The standard InChI is InChI=1S/C15H24N4O2/c1-3-15(20)19-9-5-7-13(19)12-6-4-8-18(12)10-14-16-11(2)17-21-14/h12-13H,3-10H2,1-2H3/t12-,13+/m0/s1. The van der Waals surface area contributed by atoms with Crippen LogP contribution in [-0.2, 0) is 11.3 Å². The fraction of sp³-hybridized carbons (Fsp3) is 0.800. The molecule has 2 atom stereocenters. The number of carbonyl (C=O) groups is 1. The molecule has 2 saturated heterocycles. The van der Waals surface area contributed by atoms with Crippen molar-refractivity contribution in [3.05, 3.63) is 11.7 Å². The predicted molar refractivity (Wildman–Crippen MR) is 77.5 cm³/mol. The molecular formula is C15H24N4O2. The van der Waals surface area contributed by atoms with E-state index in [-0.39, 0.29) is 5.91 Å². The highest BCUT2D eigenvalue weighted by Gasteiger charge is 2.39. The lowest BCUT2D eigenvalue weighted by atomic mass is 10.0. The number of nitrogens with zero attached hydrogens (tertiary/aromatic N) is 4. The lowest BCUT2D eigenvalue weighted by Gasteiger charge is -2.34. The molecule has 116 valence electrons. The lowest BCUT2D eigenvalue weighted by molar-refractivity contribution is -0.132. The zero-order valence-corrected chi connectivity index (χ0v) is 12.9. The van der Waals surface area contributed by atoms with Gasteiger partial charge in [0.1, 0.15) is 0 Å². The predicted octanol–water partition coefficient (Wildman–Crippen LogP) is 1.74. The van der Waals surface area contributed by atoms with Crippen LogP contribution in [0, 0.1) is 6.92 Å². The third kappa shape index (κ3) is 2.95. The van der Waals surface area contributed by atoms with Crippen molar-refractivity contribution >= 4 is 5.91 Å². The van der Waals surface area contributed by atoms with Crippen molar-refractivity contribution in [3.63, 3.8) is 0 Å². The zero-order chi connectivity index (χ0) is 14.8. The van der Waals surface area contributed by atoms with Gasteiger partial charge in [0.25, 0.3) is 0 Å². The van der Waals surface area contributed by atoms with Crippen LogP contribution in [0.2, 0.25) is 0 Å². The first kappa shape index (κ1) is 14.5. The van der Waals surface area contributed by atoms with Crippen LogP contribution < -0.4 is 0 Å². The van der Waals surface area contributed by atoms with Gasteiger partial charge in [-0.3, -0.25) is 9.69 Å². The molecule has 3 heterocycles. The Kier molecular flexibility index (Phi) is 4.24. The molecule has 3 rings (SSSR count). The van der Waals surface area contributed by atoms with Crippen molar-refractivity contribution in [2.75, 3.05) is 13.1 Å². The molecule has 1 amide bonds. The van der Waals surface area contributed by atoms with Crippen LogP contribution in [0.25, 0.3) is 0 Å². The first-order valence-electron chi connectivity index (χ1n) is 8.01. The molecule has 0 spiro atoms. The van der Waals surface area contributed by atoms with E-state index < -0.39 is 0 Å². The average molecular weight is 292 g/mol. The third-order valence-electron chi connectivity index (χ3n) is 4.69. The van der Waals surface area contributed by atoms with Gasteiger partial charge in [0.05, 0.1) is 6.54 Å². The summed E-state index contributed by atoms with van der Waals surface area (Å²) in [6.45, 7) is 6.46. The first-order valence-corrected chi connectivity index (χ1v) is 8.01. The van der Waals surface area contributed by atoms with Gasteiger partial charge in [-0.05, 0) is 39.2 Å². The Bertz CT molecular complexity index is 502. The molecule has 2 aliphatic heterocycles.